The highest BCUT2D eigenvalue weighted by molar-refractivity contribution is 4.99. The molecule has 0 amide bonds. The van der Waals surface area contributed by atoms with Crippen molar-refractivity contribution in [2.75, 3.05) is 7.05 Å². The van der Waals surface area contributed by atoms with Crippen molar-refractivity contribution in [2.24, 2.45) is 0 Å². The summed E-state index contributed by atoms with van der Waals surface area (Å²) in [6, 6.07) is 11.7. The minimum atomic E-state index is 0.160. The molecule has 6 nitrogen and oxygen atoms in total. The van der Waals surface area contributed by atoms with Gasteiger partial charge in [-0.3, -0.25) is 4.90 Å². The minimum Gasteiger partial charge on any atom is -0.468 e. The van der Waals surface area contributed by atoms with Gasteiger partial charge in [0.25, 0.3) is 0 Å². The maximum Gasteiger partial charge on any atom is 0.117 e. The van der Waals surface area contributed by atoms with Gasteiger partial charge in [-0.1, -0.05) is 0 Å². The number of furan rings is 3. The van der Waals surface area contributed by atoms with Gasteiger partial charge in [0.15, 0.2) is 0 Å². The molecule has 34 heavy (non-hydrogen) atoms. The smallest absolute Gasteiger partial charge is 0.117 e. The first-order valence-corrected chi connectivity index (χ1v) is 11.9. The summed E-state index contributed by atoms with van der Waals surface area (Å²) < 4.78 is 15.6. The van der Waals surface area contributed by atoms with E-state index in [1.54, 1.807) is 18.8 Å². The maximum absolute atomic E-state index is 5.26. The Bertz CT molecular complexity index is 800. The summed E-state index contributed by atoms with van der Waals surface area (Å²) in [7, 11) is 2.10. The van der Waals surface area contributed by atoms with E-state index in [-0.39, 0.29) is 16.6 Å². The van der Waals surface area contributed by atoms with E-state index >= 15 is 0 Å². The van der Waals surface area contributed by atoms with Crippen LogP contribution < -0.4 is 10.6 Å². The van der Waals surface area contributed by atoms with Crippen molar-refractivity contribution >= 4 is 0 Å². The highest BCUT2D eigenvalue weighted by Gasteiger charge is 2.17. The molecule has 3 heterocycles. The van der Waals surface area contributed by atoms with Gasteiger partial charge in [-0.2, -0.15) is 0 Å². The van der Waals surface area contributed by atoms with Crippen LogP contribution in [0.5, 0.6) is 0 Å². The van der Waals surface area contributed by atoms with E-state index in [0.29, 0.717) is 0 Å². The summed E-state index contributed by atoms with van der Waals surface area (Å²) in [5, 5.41) is 6.66. The summed E-state index contributed by atoms with van der Waals surface area (Å²) in [5.41, 5.74) is 0.520. The van der Waals surface area contributed by atoms with E-state index in [2.05, 4.69) is 84.9 Å². The second-order valence-corrected chi connectivity index (χ2v) is 11.5. The average Bonchev–Trinajstić information content (AvgIpc) is 3.47. The van der Waals surface area contributed by atoms with Gasteiger partial charge in [-0.05, 0) is 106 Å². The second-order valence-electron chi connectivity index (χ2n) is 11.5. The minimum absolute atomic E-state index is 0.160. The molecule has 0 aliphatic rings. The molecule has 0 unspecified atom stereocenters. The molecule has 6 heteroatoms. The van der Waals surface area contributed by atoms with Gasteiger partial charge in [-0.25, -0.2) is 0 Å². The molecule has 0 atom stereocenters. The standard InChI is InChI=1S/C10H17NO.2C9H15NO/c1-10(2,3)11(4)8-9-6-5-7-12-9;2*1-9(2,3)10-7-8-5-4-6-11-8/h5-7H,8H2,1-4H3;2*4-6,10H,7H2,1-3H3. The van der Waals surface area contributed by atoms with Gasteiger partial charge in [-0.15, -0.1) is 0 Å². The molecule has 0 fully saturated rings. The molecule has 3 aromatic heterocycles. The van der Waals surface area contributed by atoms with Gasteiger partial charge in [0.1, 0.15) is 17.3 Å². The van der Waals surface area contributed by atoms with E-state index in [1.807, 2.05) is 36.4 Å². The zero-order valence-corrected chi connectivity index (χ0v) is 23.0. The Morgan fingerprint density at radius 1 is 0.618 bits per heavy atom. The molecule has 0 saturated heterocycles. The van der Waals surface area contributed by atoms with Crippen molar-refractivity contribution in [3.8, 4) is 0 Å². The van der Waals surface area contributed by atoms with E-state index in [0.717, 1.165) is 36.9 Å². The Morgan fingerprint density at radius 3 is 1.24 bits per heavy atom. The molecule has 3 rings (SSSR count). The molecule has 0 saturated carbocycles. The molecule has 2 N–H and O–H groups in total. The number of nitrogens with one attached hydrogen (secondary N) is 2. The van der Waals surface area contributed by atoms with Gasteiger partial charge in [0.2, 0.25) is 0 Å². The SMILES string of the molecule is CC(C)(C)NCc1ccco1.CC(C)(C)NCc1ccco1.CN(Cc1ccco1)C(C)(C)C. The molecule has 0 bridgehead atoms. The summed E-state index contributed by atoms with van der Waals surface area (Å²) >= 11 is 0. The third kappa shape index (κ3) is 14.8. The van der Waals surface area contributed by atoms with Crippen LogP contribution in [0.4, 0.5) is 0 Å². The molecular weight excluding hydrogens is 426 g/mol. The fourth-order valence-electron chi connectivity index (χ4n) is 2.40. The quantitative estimate of drug-likeness (QED) is 0.408. The van der Waals surface area contributed by atoms with E-state index in [4.69, 9.17) is 13.3 Å². The summed E-state index contributed by atoms with van der Waals surface area (Å²) in [4.78, 5) is 2.26. The fourth-order valence-corrected chi connectivity index (χ4v) is 2.40. The molecule has 0 radical (unpaired) electrons. The number of rotatable bonds is 6. The molecule has 0 aromatic carbocycles. The molecule has 0 aliphatic heterocycles. The van der Waals surface area contributed by atoms with Gasteiger partial charge in [0, 0.05) is 16.6 Å². The van der Waals surface area contributed by atoms with Crippen molar-refractivity contribution in [1.29, 1.82) is 0 Å². The van der Waals surface area contributed by atoms with Crippen LogP contribution in [-0.2, 0) is 19.6 Å². The van der Waals surface area contributed by atoms with Gasteiger partial charge < -0.3 is 23.9 Å². The highest BCUT2D eigenvalue weighted by Crippen LogP contribution is 2.14. The summed E-state index contributed by atoms with van der Waals surface area (Å²) in [6.45, 7) is 21.9. The van der Waals surface area contributed by atoms with Crippen molar-refractivity contribution in [3.05, 3.63) is 72.5 Å². The first-order valence-electron chi connectivity index (χ1n) is 11.9. The molecular formula is C28H47N3O3. The van der Waals surface area contributed by atoms with Gasteiger partial charge >= 0.3 is 0 Å². The maximum atomic E-state index is 5.26. The van der Waals surface area contributed by atoms with Crippen molar-refractivity contribution < 1.29 is 13.3 Å². The van der Waals surface area contributed by atoms with Crippen molar-refractivity contribution in [2.45, 2.75) is 98.6 Å². The third-order valence-electron chi connectivity index (χ3n) is 4.86. The van der Waals surface area contributed by atoms with Crippen LogP contribution in [0.25, 0.3) is 0 Å². The van der Waals surface area contributed by atoms with Crippen LogP contribution in [0.1, 0.15) is 79.6 Å². The topological polar surface area (TPSA) is 66.7 Å². The monoisotopic (exact) mass is 473 g/mol. The normalized spacial score (nSPS) is 12.1. The predicted molar refractivity (Wildman–Crippen MR) is 141 cm³/mol. The van der Waals surface area contributed by atoms with Crippen molar-refractivity contribution in [3.63, 3.8) is 0 Å². The third-order valence-corrected chi connectivity index (χ3v) is 4.86. The Labute approximate surface area is 207 Å². The van der Waals surface area contributed by atoms with E-state index in [9.17, 15) is 0 Å². The predicted octanol–water partition coefficient (Wildman–Crippen LogP) is 6.85. The molecule has 0 aliphatic carbocycles. The van der Waals surface area contributed by atoms with Gasteiger partial charge in [0.05, 0.1) is 38.4 Å². The number of hydrogen-bond acceptors (Lipinski definition) is 6. The van der Waals surface area contributed by atoms with E-state index in [1.165, 1.54) is 0 Å². The second kappa shape index (κ2) is 13.6. The van der Waals surface area contributed by atoms with Crippen LogP contribution in [0, 0.1) is 0 Å². The number of hydrogen-bond donors (Lipinski definition) is 2. The first-order chi connectivity index (χ1) is 15.7. The lowest BCUT2D eigenvalue weighted by Gasteiger charge is -2.30. The van der Waals surface area contributed by atoms with Crippen LogP contribution in [0.2, 0.25) is 0 Å². The Morgan fingerprint density at radius 2 is 0.971 bits per heavy atom. The van der Waals surface area contributed by atoms with Crippen LogP contribution in [-0.4, -0.2) is 28.6 Å². The van der Waals surface area contributed by atoms with Crippen LogP contribution in [0.15, 0.2) is 68.4 Å². The lowest BCUT2D eigenvalue weighted by Crippen LogP contribution is -2.37. The zero-order chi connectivity index (χ0) is 25.8. The lowest BCUT2D eigenvalue weighted by molar-refractivity contribution is 0.155. The molecule has 0 spiro atoms. The first kappa shape index (κ1) is 29.8. The fraction of sp³-hybridized carbons (Fsp3) is 0.571. The summed E-state index contributed by atoms with van der Waals surface area (Å²) in [5.74, 6) is 2.99. The van der Waals surface area contributed by atoms with Crippen molar-refractivity contribution in [1.82, 2.24) is 15.5 Å². The Kier molecular flexibility index (Phi) is 11.9. The lowest BCUT2D eigenvalue weighted by atomic mass is 10.1. The highest BCUT2D eigenvalue weighted by atomic mass is 16.3. The largest absolute Gasteiger partial charge is 0.468 e. The van der Waals surface area contributed by atoms with Crippen LogP contribution in [0.3, 0.4) is 0 Å². The molecule has 192 valence electrons. The number of nitrogens with zero attached hydrogens (tertiary/aromatic N) is 1. The van der Waals surface area contributed by atoms with E-state index < -0.39 is 0 Å². The van der Waals surface area contributed by atoms with Crippen LogP contribution >= 0.6 is 0 Å². The Balaban J connectivity index is 0.000000255. The zero-order valence-electron chi connectivity index (χ0n) is 23.0. The average molecular weight is 474 g/mol. The summed E-state index contributed by atoms with van der Waals surface area (Å²) in [6.07, 6.45) is 5.10. The molecule has 3 aromatic rings. The Hall–Kier alpha value is -2.28.